The van der Waals surface area contributed by atoms with Crippen LogP contribution < -0.4 is 10.6 Å². The molecule has 19 heavy (non-hydrogen) atoms. The van der Waals surface area contributed by atoms with Crippen LogP contribution in [0, 0.1) is 5.41 Å². The molecule has 1 aromatic heterocycles. The molecule has 1 saturated heterocycles. The maximum atomic E-state index is 12.4. The summed E-state index contributed by atoms with van der Waals surface area (Å²) in [6.07, 6.45) is 3.22. The summed E-state index contributed by atoms with van der Waals surface area (Å²) < 4.78 is 7.04. The number of nitrogens with one attached hydrogen (secondary N) is 2. The Morgan fingerprint density at radius 3 is 2.89 bits per heavy atom. The van der Waals surface area contributed by atoms with Crippen LogP contribution in [0.15, 0.2) is 6.33 Å². The molecule has 0 atom stereocenters. The van der Waals surface area contributed by atoms with Gasteiger partial charge in [0, 0.05) is 14.2 Å². The fourth-order valence-corrected chi connectivity index (χ4v) is 2.43. The van der Waals surface area contributed by atoms with Gasteiger partial charge in [0.25, 0.3) is 0 Å². The molecule has 7 nitrogen and oxygen atoms in total. The highest BCUT2D eigenvalue weighted by Gasteiger charge is 2.39. The van der Waals surface area contributed by atoms with Gasteiger partial charge < -0.3 is 19.9 Å². The third-order valence-corrected chi connectivity index (χ3v) is 3.68. The van der Waals surface area contributed by atoms with E-state index < -0.39 is 5.41 Å². The van der Waals surface area contributed by atoms with E-state index in [0.29, 0.717) is 13.2 Å². The Morgan fingerprint density at radius 2 is 2.32 bits per heavy atom. The fourth-order valence-electron chi connectivity index (χ4n) is 2.43. The molecule has 0 bridgehead atoms. The van der Waals surface area contributed by atoms with Crippen molar-refractivity contribution in [2.45, 2.75) is 19.4 Å². The minimum atomic E-state index is -0.418. The number of amides is 1. The molecule has 0 radical (unpaired) electrons. The Morgan fingerprint density at radius 1 is 1.58 bits per heavy atom. The van der Waals surface area contributed by atoms with Crippen LogP contribution in [-0.2, 0) is 23.1 Å². The second-order valence-corrected chi connectivity index (χ2v) is 5.00. The standard InChI is InChI=1S/C12H21N5O2/c1-17-9-15-16-10(17)7-14-11(18)12(8-19-2)3-5-13-6-4-12/h9,13H,3-8H2,1-2H3,(H,14,18). The highest BCUT2D eigenvalue weighted by atomic mass is 16.5. The third kappa shape index (κ3) is 3.10. The molecule has 1 fully saturated rings. The summed E-state index contributed by atoms with van der Waals surface area (Å²) in [7, 11) is 3.50. The van der Waals surface area contributed by atoms with Gasteiger partial charge in [-0.1, -0.05) is 0 Å². The lowest BCUT2D eigenvalue weighted by Crippen LogP contribution is -2.50. The number of carbonyl (C=O) groups is 1. The summed E-state index contributed by atoms with van der Waals surface area (Å²) in [4.78, 5) is 12.4. The van der Waals surface area contributed by atoms with E-state index in [1.807, 2.05) is 7.05 Å². The highest BCUT2D eigenvalue weighted by Crippen LogP contribution is 2.29. The zero-order valence-corrected chi connectivity index (χ0v) is 11.5. The zero-order valence-electron chi connectivity index (χ0n) is 11.5. The second kappa shape index (κ2) is 6.12. The van der Waals surface area contributed by atoms with E-state index in [1.54, 1.807) is 18.0 Å². The minimum absolute atomic E-state index is 0.0406. The summed E-state index contributed by atoms with van der Waals surface area (Å²) in [6.45, 7) is 2.55. The van der Waals surface area contributed by atoms with Gasteiger partial charge in [0.05, 0.1) is 18.6 Å². The van der Waals surface area contributed by atoms with Crippen molar-refractivity contribution in [2.24, 2.45) is 12.5 Å². The number of piperidine rings is 1. The van der Waals surface area contributed by atoms with Gasteiger partial charge in [0.2, 0.25) is 5.91 Å². The van der Waals surface area contributed by atoms with Gasteiger partial charge >= 0.3 is 0 Å². The number of hydrogen-bond donors (Lipinski definition) is 2. The lowest BCUT2D eigenvalue weighted by atomic mass is 9.78. The Labute approximate surface area is 112 Å². The van der Waals surface area contributed by atoms with Crippen LogP contribution in [0.2, 0.25) is 0 Å². The Balaban J connectivity index is 1.97. The molecule has 2 rings (SSSR count). The lowest BCUT2D eigenvalue weighted by Gasteiger charge is -2.35. The molecule has 2 heterocycles. The Hall–Kier alpha value is -1.47. The molecule has 1 amide bonds. The number of rotatable bonds is 5. The van der Waals surface area contributed by atoms with Gasteiger partial charge in [-0.15, -0.1) is 10.2 Å². The van der Waals surface area contributed by atoms with Gasteiger partial charge in [-0.3, -0.25) is 4.79 Å². The van der Waals surface area contributed by atoms with Crippen molar-refractivity contribution in [2.75, 3.05) is 26.8 Å². The van der Waals surface area contributed by atoms with Crippen molar-refractivity contribution < 1.29 is 9.53 Å². The van der Waals surface area contributed by atoms with E-state index in [2.05, 4.69) is 20.8 Å². The smallest absolute Gasteiger partial charge is 0.229 e. The van der Waals surface area contributed by atoms with Gasteiger partial charge in [-0.2, -0.15) is 0 Å². The van der Waals surface area contributed by atoms with E-state index in [1.165, 1.54) is 0 Å². The maximum absolute atomic E-state index is 12.4. The first-order valence-corrected chi connectivity index (χ1v) is 6.49. The van der Waals surface area contributed by atoms with E-state index in [4.69, 9.17) is 4.74 Å². The average molecular weight is 267 g/mol. The van der Waals surface area contributed by atoms with Crippen molar-refractivity contribution in [3.63, 3.8) is 0 Å². The number of methoxy groups -OCH3 is 1. The molecule has 1 aliphatic rings. The molecule has 7 heteroatoms. The van der Waals surface area contributed by atoms with Crippen LogP contribution in [0.4, 0.5) is 0 Å². The molecule has 0 aromatic carbocycles. The van der Waals surface area contributed by atoms with E-state index in [0.717, 1.165) is 31.8 Å². The van der Waals surface area contributed by atoms with E-state index in [9.17, 15) is 4.79 Å². The maximum Gasteiger partial charge on any atom is 0.229 e. The fraction of sp³-hybridized carbons (Fsp3) is 0.750. The second-order valence-electron chi connectivity index (χ2n) is 5.00. The van der Waals surface area contributed by atoms with Crippen LogP contribution in [0.5, 0.6) is 0 Å². The topological polar surface area (TPSA) is 81.1 Å². The summed E-state index contributed by atoms with van der Waals surface area (Å²) in [5.41, 5.74) is -0.418. The normalized spacial score (nSPS) is 18.2. The van der Waals surface area contributed by atoms with Crippen LogP contribution >= 0.6 is 0 Å². The number of hydrogen-bond acceptors (Lipinski definition) is 5. The summed E-state index contributed by atoms with van der Waals surface area (Å²) in [6, 6.07) is 0. The largest absolute Gasteiger partial charge is 0.384 e. The summed E-state index contributed by atoms with van der Waals surface area (Å²) >= 11 is 0. The molecule has 0 unspecified atom stereocenters. The monoisotopic (exact) mass is 267 g/mol. The van der Waals surface area contributed by atoms with Crippen LogP contribution in [-0.4, -0.2) is 47.5 Å². The highest BCUT2D eigenvalue weighted by molar-refractivity contribution is 5.82. The molecular weight excluding hydrogens is 246 g/mol. The van der Waals surface area contributed by atoms with Crippen molar-refractivity contribution >= 4 is 5.91 Å². The number of aromatic nitrogens is 3. The predicted molar refractivity (Wildman–Crippen MR) is 69.3 cm³/mol. The minimum Gasteiger partial charge on any atom is -0.384 e. The van der Waals surface area contributed by atoms with Crippen molar-refractivity contribution in [3.8, 4) is 0 Å². The molecule has 1 aromatic rings. The molecular formula is C12H21N5O2. The SMILES string of the molecule is COCC1(C(=O)NCc2nncn2C)CCNCC1. The van der Waals surface area contributed by atoms with Crippen LogP contribution in [0.1, 0.15) is 18.7 Å². The number of aryl methyl sites for hydroxylation is 1. The van der Waals surface area contributed by atoms with Gasteiger partial charge in [0.15, 0.2) is 5.82 Å². The number of nitrogens with zero attached hydrogens (tertiary/aromatic N) is 3. The average Bonchev–Trinajstić information content (AvgIpc) is 2.83. The molecule has 106 valence electrons. The summed E-state index contributed by atoms with van der Waals surface area (Å²) in [5.74, 6) is 0.786. The van der Waals surface area contributed by atoms with Gasteiger partial charge in [-0.05, 0) is 25.9 Å². The Bertz CT molecular complexity index is 420. The predicted octanol–water partition coefficient (Wildman–Crippen LogP) is -0.552. The van der Waals surface area contributed by atoms with Crippen molar-refractivity contribution in [3.05, 3.63) is 12.2 Å². The first-order chi connectivity index (χ1) is 9.18. The summed E-state index contributed by atoms with van der Waals surface area (Å²) in [5, 5.41) is 14.0. The van der Waals surface area contributed by atoms with E-state index >= 15 is 0 Å². The molecule has 2 N–H and O–H groups in total. The van der Waals surface area contributed by atoms with Crippen LogP contribution in [0.3, 0.4) is 0 Å². The van der Waals surface area contributed by atoms with Crippen molar-refractivity contribution in [1.82, 2.24) is 25.4 Å². The molecule has 1 aliphatic heterocycles. The third-order valence-electron chi connectivity index (χ3n) is 3.68. The lowest BCUT2D eigenvalue weighted by molar-refractivity contribution is -0.136. The number of carbonyl (C=O) groups excluding carboxylic acids is 1. The molecule has 0 aliphatic carbocycles. The quantitative estimate of drug-likeness (QED) is 0.748. The first-order valence-electron chi connectivity index (χ1n) is 6.49. The number of ether oxygens (including phenoxy) is 1. The molecule has 0 saturated carbocycles. The van der Waals surface area contributed by atoms with Gasteiger partial charge in [-0.25, -0.2) is 0 Å². The molecule has 0 spiro atoms. The van der Waals surface area contributed by atoms with Crippen molar-refractivity contribution in [1.29, 1.82) is 0 Å². The Kier molecular flexibility index (Phi) is 4.49. The zero-order chi connectivity index (χ0) is 13.7. The first kappa shape index (κ1) is 14.0. The van der Waals surface area contributed by atoms with Crippen LogP contribution in [0.25, 0.3) is 0 Å². The van der Waals surface area contributed by atoms with E-state index in [-0.39, 0.29) is 5.91 Å². The van der Waals surface area contributed by atoms with Gasteiger partial charge in [0.1, 0.15) is 6.33 Å².